The second-order valence-electron chi connectivity index (χ2n) is 7.61. The van der Waals surface area contributed by atoms with E-state index >= 15 is 0 Å². The Kier molecular flexibility index (Phi) is 6.06. The Morgan fingerprint density at radius 3 is 2.76 bits per heavy atom. The first-order valence-corrected chi connectivity index (χ1v) is 12.3. The number of hydrogen-bond acceptors (Lipinski definition) is 5. The summed E-state index contributed by atoms with van der Waals surface area (Å²) in [5.74, 6) is 0.0951. The molecule has 6 nitrogen and oxygen atoms in total. The monoisotopic (exact) mass is 434 g/mol. The van der Waals surface area contributed by atoms with Gasteiger partial charge >= 0.3 is 0 Å². The molecule has 0 N–H and O–H groups in total. The molecule has 1 aromatic carbocycles. The number of carbonyl (C=O) groups excluding carboxylic acids is 1. The fraction of sp³-hybridized carbons (Fsp3) is 0.476. The highest BCUT2D eigenvalue weighted by Crippen LogP contribution is 2.29. The number of thiophene rings is 1. The van der Waals surface area contributed by atoms with Gasteiger partial charge in [0.2, 0.25) is 15.9 Å². The minimum Gasteiger partial charge on any atom is -0.377 e. The molecule has 156 valence electrons. The van der Waals surface area contributed by atoms with Gasteiger partial charge < -0.3 is 9.64 Å². The second kappa shape index (κ2) is 8.55. The fourth-order valence-electron chi connectivity index (χ4n) is 3.99. The first-order valence-electron chi connectivity index (χ1n) is 10.0. The average molecular weight is 435 g/mol. The molecular weight excluding hydrogens is 408 g/mol. The Labute approximate surface area is 176 Å². The third kappa shape index (κ3) is 4.40. The van der Waals surface area contributed by atoms with Crippen LogP contribution >= 0.6 is 11.3 Å². The second-order valence-corrected chi connectivity index (χ2v) is 10.5. The Hall–Kier alpha value is -1.74. The number of amides is 1. The number of nitrogens with zero attached hydrogens (tertiary/aromatic N) is 2. The number of benzene rings is 1. The van der Waals surface area contributed by atoms with Crippen LogP contribution in [0.5, 0.6) is 0 Å². The van der Waals surface area contributed by atoms with E-state index in [1.807, 2.05) is 23.6 Å². The van der Waals surface area contributed by atoms with Crippen molar-refractivity contribution in [3.63, 3.8) is 0 Å². The normalized spacial score (nSPS) is 20.1. The number of carbonyl (C=O) groups is 1. The van der Waals surface area contributed by atoms with Gasteiger partial charge in [0, 0.05) is 43.2 Å². The van der Waals surface area contributed by atoms with Crippen molar-refractivity contribution in [1.29, 1.82) is 0 Å². The third-order valence-electron chi connectivity index (χ3n) is 5.50. The van der Waals surface area contributed by atoms with E-state index in [0.29, 0.717) is 43.1 Å². The Morgan fingerprint density at radius 1 is 1.28 bits per heavy atom. The first-order chi connectivity index (χ1) is 13.9. The summed E-state index contributed by atoms with van der Waals surface area (Å²) in [5, 5.41) is 1.96. The highest BCUT2D eigenvalue weighted by atomic mass is 32.2. The summed E-state index contributed by atoms with van der Waals surface area (Å²) in [6, 6.07) is 9.09. The molecule has 1 unspecified atom stereocenters. The molecule has 2 aliphatic heterocycles. The number of aryl methyl sites for hydroxylation is 1. The molecule has 8 heteroatoms. The average Bonchev–Trinajstić information content (AvgIpc) is 3.44. The van der Waals surface area contributed by atoms with Gasteiger partial charge in [-0.05, 0) is 61.4 Å². The molecule has 0 bridgehead atoms. The van der Waals surface area contributed by atoms with Gasteiger partial charge in [0.1, 0.15) is 0 Å². The third-order valence-corrected chi connectivity index (χ3v) is 8.34. The van der Waals surface area contributed by atoms with Gasteiger partial charge in [-0.15, -0.1) is 11.3 Å². The van der Waals surface area contributed by atoms with Crippen molar-refractivity contribution in [3.8, 4) is 0 Å². The smallest absolute Gasteiger partial charge is 0.243 e. The standard InChI is InChI=1S/C21H26N2O4S2/c1-16-13-17(23-10-2-7-21(23)24)8-9-20(16)29(25,26)22(14-18-5-3-11-27-18)15-19-6-4-12-28-19/h4,6,8-9,12-13,18H,2-3,5,7,10-11,14-15H2,1H3. The number of ether oxygens (including phenoxy) is 1. The largest absolute Gasteiger partial charge is 0.377 e. The molecule has 4 rings (SSSR count). The van der Waals surface area contributed by atoms with E-state index in [0.717, 1.165) is 29.8 Å². The molecule has 0 spiro atoms. The summed E-state index contributed by atoms with van der Waals surface area (Å²) < 4.78 is 34.4. The first kappa shape index (κ1) is 20.5. The Balaban J connectivity index is 1.63. The number of hydrogen-bond donors (Lipinski definition) is 0. The lowest BCUT2D eigenvalue weighted by atomic mass is 10.2. The van der Waals surface area contributed by atoms with Crippen molar-refractivity contribution in [2.24, 2.45) is 0 Å². The van der Waals surface area contributed by atoms with Crippen molar-refractivity contribution in [1.82, 2.24) is 4.31 Å². The predicted octanol–water partition coefficient (Wildman–Crippen LogP) is 3.55. The molecule has 2 aliphatic rings. The Bertz CT molecular complexity index is 967. The van der Waals surface area contributed by atoms with Crippen LogP contribution in [0, 0.1) is 6.92 Å². The van der Waals surface area contributed by atoms with Crippen LogP contribution in [0.3, 0.4) is 0 Å². The highest BCUT2D eigenvalue weighted by Gasteiger charge is 2.31. The molecule has 2 fully saturated rings. The molecule has 2 aromatic rings. The fourth-order valence-corrected chi connectivity index (χ4v) is 6.45. The van der Waals surface area contributed by atoms with Crippen LogP contribution in [-0.2, 0) is 26.1 Å². The zero-order valence-electron chi connectivity index (χ0n) is 16.5. The van der Waals surface area contributed by atoms with Crippen LogP contribution in [0.4, 0.5) is 5.69 Å². The molecule has 0 saturated carbocycles. The SMILES string of the molecule is Cc1cc(N2CCCC2=O)ccc1S(=O)(=O)N(Cc1cccs1)CC1CCCO1. The molecule has 29 heavy (non-hydrogen) atoms. The maximum atomic E-state index is 13.6. The molecule has 1 aromatic heterocycles. The summed E-state index contributed by atoms with van der Waals surface area (Å²) in [4.78, 5) is 15.1. The van der Waals surface area contributed by atoms with E-state index in [4.69, 9.17) is 4.74 Å². The van der Waals surface area contributed by atoms with Crippen molar-refractivity contribution in [2.75, 3.05) is 24.6 Å². The lowest BCUT2D eigenvalue weighted by Gasteiger charge is -2.26. The lowest BCUT2D eigenvalue weighted by Crippen LogP contribution is -2.37. The van der Waals surface area contributed by atoms with E-state index < -0.39 is 10.0 Å². The predicted molar refractivity (Wildman–Crippen MR) is 114 cm³/mol. The number of sulfonamides is 1. The molecular formula is C21H26N2O4S2. The van der Waals surface area contributed by atoms with Gasteiger partial charge in [0.25, 0.3) is 0 Å². The van der Waals surface area contributed by atoms with Crippen LogP contribution < -0.4 is 4.90 Å². The molecule has 1 amide bonds. The van der Waals surface area contributed by atoms with Gasteiger partial charge in [0.05, 0.1) is 11.0 Å². The van der Waals surface area contributed by atoms with Gasteiger partial charge in [-0.1, -0.05) is 6.07 Å². The van der Waals surface area contributed by atoms with Crippen LogP contribution in [0.15, 0.2) is 40.6 Å². The number of anilines is 1. The van der Waals surface area contributed by atoms with Gasteiger partial charge in [-0.3, -0.25) is 4.79 Å². The zero-order valence-corrected chi connectivity index (χ0v) is 18.2. The molecule has 2 saturated heterocycles. The summed E-state index contributed by atoms with van der Waals surface area (Å²) >= 11 is 1.55. The van der Waals surface area contributed by atoms with E-state index in [1.165, 1.54) is 4.31 Å². The van der Waals surface area contributed by atoms with Crippen molar-refractivity contribution in [3.05, 3.63) is 46.2 Å². The van der Waals surface area contributed by atoms with E-state index in [1.54, 1.807) is 35.3 Å². The van der Waals surface area contributed by atoms with Gasteiger partial charge in [0.15, 0.2) is 0 Å². The zero-order chi connectivity index (χ0) is 20.4. The van der Waals surface area contributed by atoms with Crippen LogP contribution in [0.1, 0.15) is 36.1 Å². The maximum absolute atomic E-state index is 13.6. The van der Waals surface area contributed by atoms with Crippen LogP contribution in [0.25, 0.3) is 0 Å². The van der Waals surface area contributed by atoms with E-state index in [9.17, 15) is 13.2 Å². The summed E-state index contributed by atoms with van der Waals surface area (Å²) in [6.07, 6.45) is 3.18. The summed E-state index contributed by atoms with van der Waals surface area (Å²) in [7, 11) is -3.69. The lowest BCUT2D eigenvalue weighted by molar-refractivity contribution is -0.117. The highest BCUT2D eigenvalue weighted by molar-refractivity contribution is 7.89. The minimum atomic E-state index is -3.69. The van der Waals surface area contributed by atoms with Crippen molar-refractivity contribution in [2.45, 2.75) is 50.2 Å². The summed E-state index contributed by atoms with van der Waals surface area (Å²) in [6.45, 7) is 3.87. The van der Waals surface area contributed by atoms with Gasteiger partial charge in [-0.25, -0.2) is 8.42 Å². The Morgan fingerprint density at radius 2 is 2.14 bits per heavy atom. The topological polar surface area (TPSA) is 66.9 Å². The van der Waals surface area contributed by atoms with Crippen molar-refractivity contribution < 1.29 is 17.9 Å². The molecule has 1 atom stereocenters. The van der Waals surface area contributed by atoms with E-state index in [-0.39, 0.29) is 12.0 Å². The molecule has 3 heterocycles. The molecule has 0 aliphatic carbocycles. The minimum absolute atomic E-state index is 0.0634. The quantitative estimate of drug-likeness (QED) is 0.668. The van der Waals surface area contributed by atoms with Crippen molar-refractivity contribution >= 4 is 33.0 Å². The number of rotatable bonds is 7. The maximum Gasteiger partial charge on any atom is 0.243 e. The molecule has 0 radical (unpaired) electrons. The van der Waals surface area contributed by atoms with Crippen LogP contribution in [0.2, 0.25) is 0 Å². The van der Waals surface area contributed by atoms with Gasteiger partial charge in [-0.2, -0.15) is 4.31 Å². The van der Waals surface area contributed by atoms with Crippen LogP contribution in [-0.4, -0.2) is 44.4 Å². The van der Waals surface area contributed by atoms with E-state index in [2.05, 4.69) is 0 Å². The summed E-state index contributed by atoms with van der Waals surface area (Å²) in [5.41, 5.74) is 1.43.